The van der Waals surface area contributed by atoms with E-state index in [4.69, 9.17) is 9.72 Å². The molecule has 4 rings (SSSR count). The van der Waals surface area contributed by atoms with Crippen LogP contribution >= 0.6 is 0 Å². The standard InChI is InChI=1S/C20H26N4O2/c1-14-19(23-18-5-3-2-4-17(18)21-14)24-10-6-15(7-11-24)20(25)22-16-8-12-26-13-9-16/h2-5,15-16H,6-13H2,1H3,(H,22,25). The molecule has 2 aliphatic rings. The monoisotopic (exact) mass is 354 g/mol. The molecule has 0 aliphatic carbocycles. The largest absolute Gasteiger partial charge is 0.381 e. The molecule has 138 valence electrons. The average Bonchev–Trinajstić information content (AvgIpc) is 2.68. The van der Waals surface area contributed by atoms with Crippen molar-refractivity contribution in [2.75, 3.05) is 31.2 Å². The summed E-state index contributed by atoms with van der Waals surface area (Å²) in [4.78, 5) is 24.3. The molecular formula is C20H26N4O2. The summed E-state index contributed by atoms with van der Waals surface area (Å²) in [6, 6.07) is 8.25. The Balaban J connectivity index is 1.38. The molecule has 0 spiro atoms. The minimum absolute atomic E-state index is 0.0998. The second-order valence-corrected chi connectivity index (χ2v) is 7.28. The molecule has 26 heavy (non-hydrogen) atoms. The van der Waals surface area contributed by atoms with Crippen LogP contribution in [0.25, 0.3) is 11.0 Å². The summed E-state index contributed by atoms with van der Waals surface area (Å²) >= 11 is 0. The average molecular weight is 354 g/mol. The molecule has 2 saturated heterocycles. The second kappa shape index (κ2) is 7.58. The van der Waals surface area contributed by atoms with Crippen molar-refractivity contribution >= 4 is 22.8 Å². The summed E-state index contributed by atoms with van der Waals surface area (Å²) < 4.78 is 5.36. The SMILES string of the molecule is Cc1nc2ccccc2nc1N1CCC(C(=O)NC2CCOCC2)CC1. The summed E-state index contributed by atoms with van der Waals surface area (Å²) in [5.41, 5.74) is 2.81. The molecule has 2 aliphatic heterocycles. The Hall–Kier alpha value is -2.21. The lowest BCUT2D eigenvalue weighted by Gasteiger charge is -2.34. The number of amides is 1. The third-order valence-electron chi connectivity index (χ3n) is 5.45. The minimum atomic E-state index is 0.0998. The predicted molar refractivity (Wildman–Crippen MR) is 101 cm³/mol. The van der Waals surface area contributed by atoms with Gasteiger partial charge in [-0.25, -0.2) is 9.97 Å². The molecule has 0 saturated carbocycles. The van der Waals surface area contributed by atoms with Crippen LogP contribution in [0.15, 0.2) is 24.3 Å². The van der Waals surface area contributed by atoms with Crippen LogP contribution in [-0.4, -0.2) is 48.2 Å². The maximum Gasteiger partial charge on any atom is 0.223 e. The molecule has 2 aromatic rings. The van der Waals surface area contributed by atoms with Gasteiger partial charge in [0.05, 0.1) is 16.7 Å². The van der Waals surface area contributed by atoms with Crippen molar-refractivity contribution in [3.05, 3.63) is 30.0 Å². The Kier molecular flexibility index (Phi) is 5.02. The number of benzene rings is 1. The molecule has 1 N–H and O–H groups in total. The highest BCUT2D eigenvalue weighted by Gasteiger charge is 2.28. The number of anilines is 1. The minimum Gasteiger partial charge on any atom is -0.381 e. The third kappa shape index (κ3) is 3.65. The van der Waals surface area contributed by atoms with E-state index in [1.165, 1.54) is 0 Å². The second-order valence-electron chi connectivity index (χ2n) is 7.28. The highest BCUT2D eigenvalue weighted by molar-refractivity contribution is 5.79. The molecule has 1 aromatic carbocycles. The number of aryl methyl sites for hydroxylation is 1. The summed E-state index contributed by atoms with van der Waals surface area (Å²) in [6.07, 6.45) is 3.58. The van der Waals surface area contributed by atoms with Crippen molar-refractivity contribution in [2.45, 2.75) is 38.6 Å². The van der Waals surface area contributed by atoms with Crippen molar-refractivity contribution in [2.24, 2.45) is 5.92 Å². The number of ether oxygens (including phenoxy) is 1. The topological polar surface area (TPSA) is 67.4 Å². The zero-order valence-electron chi connectivity index (χ0n) is 15.3. The van der Waals surface area contributed by atoms with Crippen LogP contribution in [0.1, 0.15) is 31.4 Å². The number of carbonyl (C=O) groups is 1. The van der Waals surface area contributed by atoms with Crippen LogP contribution in [0.4, 0.5) is 5.82 Å². The van der Waals surface area contributed by atoms with Gasteiger partial charge in [-0.05, 0) is 44.7 Å². The van der Waals surface area contributed by atoms with Gasteiger partial charge in [0.15, 0.2) is 5.82 Å². The van der Waals surface area contributed by atoms with Gasteiger partial charge in [0.25, 0.3) is 0 Å². The van der Waals surface area contributed by atoms with Gasteiger partial charge in [-0.1, -0.05) is 12.1 Å². The van der Waals surface area contributed by atoms with E-state index in [0.29, 0.717) is 0 Å². The molecule has 6 heteroatoms. The lowest BCUT2D eigenvalue weighted by molar-refractivity contribution is -0.126. The number of nitrogens with one attached hydrogen (secondary N) is 1. The fourth-order valence-electron chi connectivity index (χ4n) is 3.89. The van der Waals surface area contributed by atoms with E-state index in [-0.39, 0.29) is 17.9 Å². The van der Waals surface area contributed by atoms with E-state index in [1.54, 1.807) is 0 Å². The molecule has 3 heterocycles. The summed E-state index contributed by atoms with van der Waals surface area (Å²) in [7, 11) is 0. The number of rotatable bonds is 3. The number of fused-ring (bicyclic) bond motifs is 1. The fourth-order valence-corrected chi connectivity index (χ4v) is 3.89. The van der Waals surface area contributed by atoms with Crippen LogP contribution in [-0.2, 0) is 9.53 Å². The van der Waals surface area contributed by atoms with Gasteiger partial charge in [-0.15, -0.1) is 0 Å². The molecule has 1 amide bonds. The number of para-hydroxylation sites is 2. The first-order chi connectivity index (χ1) is 12.7. The highest BCUT2D eigenvalue weighted by atomic mass is 16.5. The number of hydrogen-bond acceptors (Lipinski definition) is 5. The van der Waals surface area contributed by atoms with E-state index in [1.807, 2.05) is 31.2 Å². The van der Waals surface area contributed by atoms with Crippen molar-refractivity contribution in [3.63, 3.8) is 0 Å². The van der Waals surface area contributed by atoms with Gasteiger partial charge in [-0.2, -0.15) is 0 Å². The molecule has 6 nitrogen and oxygen atoms in total. The number of hydrogen-bond donors (Lipinski definition) is 1. The van der Waals surface area contributed by atoms with E-state index in [9.17, 15) is 4.79 Å². The molecule has 0 radical (unpaired) electrons. The zero-order valence-corrected chi connectivity index (χ0v) is 15.3. The number of nitrogens with zero attached hydrogens (tertiary/aromatic N) is 3. The Morgan fingerprint density at radius 2 is 1.73 bits per heavy atom. The smallest absolute Gasteiger partial charge is 0.223 e. The number of aromatic nitrogens is 2. The Bertz CT molecular complexity index is 780. The number of carbonyl (C=O) groups excluding carboxylic acids is 1. The third-order valence-corrected chi connectivity index (χ3v) is 5.45. The first-order valence-corrected chi connectivity index (χ1v) is 9.57. The first-order valence-electron chi connectivity index (χ1n) is 9.57. The Labute approximate surface area is 154 Å². The normalized spacial score (nSPS) is 19.7. The quantitative estimate of drug-likeness (QED) is 0.917. The van der Waals surface area contributed by atoms with Crippen LogP contribution < -0.4 is 10.2 Å². The summed E-state index contributed by atoms with van der Waals surface area (Å²) in [6.45, 7) is 5.21. The predicted octanol–water partition coefficient (Wildman–Crippen LogP) is 2.45. The van der Waals surface area contributed by atoms with Crippen molar-refractivity contribution in [3.8, 4) is 0 Å². The summed E-state index contributed by atoms with van der Waals surface area (Å²) in [5, 5.41) is 3.21. The van der Waals surface area contributed by atoms with Gasteiger partial charge in [0, 0.05) is 38.3 Å². The van der Waals surface area contributed by atoms with E-state index >= 15 is 0 Å². The Morgan fingerprint density at radius 1 is 1.08 bits per heavy atom. The van der Waals surface area contributed by atoms with Crippen LogP contribution in [0.5, 0.6) is 0 Å². The molecule has 2 fully saturated rings. The van der Waals surface area contributed by atoms with Gasteiger partial charge < -0.3 is 15.0 Å². The van der Waals surface area contributed by atoms with Crippen LogP contribution in [0.3, 0.4) is 0 Å². The number of piperidine rings is 1. The molecular weight excluding hydrogens is 328 g/mol. The van der Waals surface area contributed by atoms with Crippen molar-refractivity contribution in [1.29, 1.82) is 0 Å². The van der Waals surface area contributed by atoms with Gasteiger partial charge >= 0.3 is 0 Å². The Morgan fingerprint density at radius 3 is 2.42 bits per heavy atom. The van der Waals surface area contributed by atoms with Gasteiger partial charge in [0.1, 0.15) is 0 Å². The van der Waals surface area contributed by atoms with E-state index in [2.05, 4.69) is 15.2 Å². The van der Waals surface area contributed by atoms with Gasteiger partial charge in [-0.3, -0.25) is 4.79 Å². The molecule has 0 unspecified atom stereocenters. The van der Waals surface area contributed by atoms with Crippen molar-refractivity contribution < 1.29 is 9.53 Å². The zero-order chi connectivity index (χ0) is 17.9. The van der Waals surface area contributed by atoms with Crippen LogP contribution in [0, 0.1) is 12.8 Å². The fraction of sp³-hybridized carbons (Fsp3) is 0.550. The lowest BCUT2D eigenvalue weighted by Crippen LogP contribution is -2.45. The molecule has 1 aromatic heterocycles. The van der Waals surface area contributed by atoms with Crippen molar-refractivity contribution in [1.82, 2.24) is 15.3 Å². The van der Waals surface area contributed by atoms with Crippen LogP contribution in [0.2, 0.25) is 0 Å². The van der Waals surface area contributed by atoms with E-state index < -0.39 is 0 Å². The first kappa shape index (κ1) is 17.2. The maximum atomic E-state index is 12.6. The highest BCUT2D eigenvalue weighted by Crippen LogP contribution is 2.26. The summed E-state index contributed by atoms with van der Waals surface area (Å²) in [5.74, 6) is 1.26. The van der Waals surface area contributed by atoms with Gasteiger partial charge in [0.2, 0.25) is 5.91 Å². The lowest BCUT2D eigenvalue weighted by atomic mass is 9.95. The molecule has 0 bridgehead atoms. The maximum absolute atomic E-state index is 12.6. The molecule has 0 atom stereocenters. The van der Waals surface area contributed by atoms with E-state index in [0.717, 1.165) is 74.5 Å².